The van der Waals surface area contributed by atoms with Crippen LogP contribution in [0.4, 0.5) is 11.4 Å². The second kappa shape index (κ2) is 5.99. The van der Waals surface area contributed by atoms with E-state index in [2.05, 4.69) is 5.32 Å². The lowest BCUT2D eigenvalue weighted by Crippen LogP contribution is -2.38. The van der Waals surface area contributed by atoms with E-state index in [1.165, 1.54) is 6.07 Å². The van der Waals surface area contributed by atoms with Gasteiger partial charge in [0, 0.05) is 24.6 Å². The molecule has 2 aliphatic rings. The van der Waals surface area contributed by atoms with Gasteiger partial charge in [-0.05, 0) is 43.4 Å². The maximum atomic E-state index is 11.2. The third-order valence-corrected chi connectivity index (χ3v) is 4.56. The number of fused-ring (bicyclic) bond motifs is 1. The van der Waals surface area contributed by atoms with E-state index in [4.69, 9.17) is 4.74 Å². The van der Waals surface area contributed by atoms with Crippen molar-refractivity contribution in [1.82, 2.24) is 0 Å². The Morgan fingerprint density at radius 2 is 2.24 bits per heavy atom. The third-order valence-electron chi connectivity index (χ3n) is 4.56. The summed E-state index contributed by atoms with van der Waals surface area (Å²) in [5.74, 6) is 0.427. The second-order valence-corrected chi connectivity index (χ2v) is 5.81. The maximum Gasteiger partial charge on any atom is 0.292 e. The van der Waals surface area contributed by atoms with Gasteiger partial charge in [-0.15, -0.1) is 0 Å². The molecule has 1 heterocycles. The lowest BCUT2D eigenvalue weighted by molar-refractivity contribution is -0.384. The van der Waals surface area contributed by atoms with Crippen LogP contribution in [0.2, 0.25) is 0 Å². The number of ether oxygens (including phenoxy) is 1. The minimum absolute atomic E-state index is 0.0632. The number of aliphatic hydroxyl groups is 1. The van der Waals surface area contributed by atoms with Gasteiger partial charge in [0.25, 0.3) is 5.69 Å². The lowest BCUT2D eigenvalue weighted by Gasteiger charge is -2.33. The van der Waals surface area contributed by atoms with Crippen LogP contribution in [0.5, 0.6) is 0 Å². The van der Waals surface area contributed by atoms with Crippen LogP contribution in [-0.2, 0) is 11.3 Å². The average Bonchev–Trinajstić information content (AvgIpc) is 2.96. The number of rotatable bonds is 4. The number of hydrogen-bond donors (Lipinski definition) is 2. The molecule has 0 amide bonds. The van der Waals surface area contributed by atoms with Crippen molar-refractivity contribution >= 4 is 11.4 Å². The van der Waals surface area contributed by atoms with Crippen LogP contribution in [0.25, 0.3) is 0 Å². The Balaban J connectivity index is 1.84. The van der Waals surface area contributed by atoms with Crippen LogP contribution in [0, 0.1) is 16.0 Å². The predicted molar refractivity (Wildman–Crippen MR) is 78.1 cm³/mol. The molecule has 0 aromatic heterocycles. The summed E-state index contributed by atoms with van der Waals surface area (Å²) in [5, 5.41) is 23.7. The van der Waals surface area contributed by atoms with Crippen LogP contribution in [0.3, 0.4) is 0 Å². The minimum Gasteiger partial charge on any atom is -0.392 e. The zero-order valence-electron chi connectivity index (χ0n) is 11.8. The molecule has 3 rings (SSSR count). The highest BCUT2D eigenvalue weighted by Crippen LogP contribution is 2.37. The van der Waals surface area contributed by atoms with Gasteiger partial charge in [-0.3, -0.25) is 10.1 Å². The standard InChI is InChI=1S/C15H20N2O4/c18-9-10-4-5-14(17(19)20)13(8-10)16-12-2-1-3-15-11(12)6-7-21-15/h4-5,8,11-12,15-16,18H,1-3,6-7,9H2. The van der Waals surface area contributed by atoms with Crippen molar-refractivity contribution in [2.45, 2.75) is 44.4 Å². The van der Waals surface area contributed by atoms with E-state index in [1.54, 1.807) is 12.1 Å². The Bertz CT molecular complexity index is 534. The van der Waals surface area contributed by atoms with E-state index in [0.29, 0.717) is 17.2 Å². The lowest BCUT2D eigenvalue weighted by atomic mass is 9.81. The molecule has 1 aromatic carbocycles. The topological polar surface area (TPSA) is 84.6 Å². The van der Waals surface area contributed by atoms with E-state index in [9.17, 15) is 15.2 Å². The summed E-state index contributed by atoms with van der Waals surface area (Å²) in [6, 6.07) is 4.93. The van der Waals surface area contributed by atoms with Crippen LogP contribution in [-0.4, -0.2) is 28.8 Å². The number of anilines is 1. The molecule has 1 aliphatic heterocycles. The first-order valence-electron chi connectivity index (χ1n) is 7.45. The molecule has 1 aromatic rings. The summed E-state index contributed by atoms with van der Waals surface area (Å²) in [5.41, 5.74) is 1.25. The summed E-state index contributed by atoms with van der Waals surface area (Å²) in [6.45, 7) is 0.665. The molecule has 3 unspecified atom stereocenters. The van der Waals surface area contributed by atoms with Gasteiger partial charge in [0.2, 0.25) is 0 Å². The molecule has 3 atom stereocenters. The van der Waals surface area contributed by atoms with Gasteiger partial charge in [-0.1, -0.05) is 0 Å². The number of hydrogen-bond acceptors (Lipinski definition) is 5. The molecule has 1 saturated heterocycles. The van der Waals surface area contributed by atoms with Crippen LogP contribution in [0.1, 0.15) is 31.2 Å². The van der Waals surface area contributed by atoms with Gasteiger partial charge in [-0.25, -0.2) is 0 Å². The highest BCUT2D eigenvalue weighted by atomic mass is 16.6. The van der Waals surface area contributed by atoms with E-state index in [1.807, 2.05) is 0 Å². The van der Waals surface area contributed by atoms with Gasteiger partial charge in [0.15, 0.2) is 0 Å². The summed E-state index contributed by atoms with van der Waals surface area (Å²) in [6.07, 6.45) is 4.46. The summed E-state index contributed by atoms with van der Waals surface area (Å²) in [4.78, 5) is 10.8. The normalized spacial score (nSPS) is 28.1. The van der Waals surface area contributed by atoms with Crippen LogP contribution < -0.4 is 5.32 Å². The molecule has 0 radical (unpaired) electrons. The monoisotopic (exact) mass is 292 g/mol. The Hall–Kier alpha value is -1.66. The highest BCUT2D eigenvalue weighted by molar-refractivity contribution is 5.63. The third kappa shape index (κ3) is 2.87. The summed E-state index contributed by atoms with van der Waals surface area (Å²) in [7, 11) is 0. The van der Waals surface area contributed by atoms with Crippen molar-refractivity contribution in [2.75, 3.05) is 11.9 Å². The number of aliphatic hydroxyl groups excluding tert-OH is 1. The number of nitro benzene ring substituents is 1. The fourth-order valence-corrected chi connectivity index (χ4v) is 3.51. The van der Waals surface area contributed by atoms with Crippen molar-refractivity contribution in [3.63, 3.8) is 0 Å². The Labute approximate surface area is 123 Å². The van der Waals surface area contributed by atoms with Crippen molar-refractivity contribution in [3.05, 3.63) is 33.9 Å². The van der Waals surface area contributed by atoms with E-state index < -0.39 is 0 Å². The molecule has 114 valence electrons. The van der Waals surface area contributed by atoms with Gasteiger partial charge in [0.1, 0.15) is 5.69 Å². The van der Waals surface area contributed by atoms with E-state index >= 15 is 0 Å². The van der Waals surface area contributed by atoms with Gasteiger partial charge < -0.3 is 15.2 Å². The zero-order valence-corrected chi connectivity index (χ0v) is 11.8. The van der Waals surface area contributed by atoms with Gasteiger partial charge in [-0.2, -0.15) is 0 Å². The molecule has 2 fully saturated rings. The number of benzene rings is 1. The molecular formula is C15H20N2O4. The molecule has 0 spiro atoms. The smallest absolute Gasteiger partial charge is 0.292 e. The van der Waals surface area contributed by atoms with Crippen molar-refractivity contribution < 1.29 is 14.8 Å². The zero-order chi connectivity index (χ0) is 14.8. The van der Waals surface area contributed by atoms with Crippen molar-refractivity contribution in [3.8, 4) is 0 Å². The Morgan fingerprint density at radius 1 is 1.38 bits per heavy atom. The van der Waals surface area contributed by atoms with Crippen molar-refractivity contribution in [1.29, 1.82) is 0 Å². The summed E-state index contributed by atoms with van der Waals surface area (Å²) >= 11 is 0. The first kappa shape index (κ1) is 14.3. The predicted octanol–water partition coefficient (Wildman–Crippen LogP) is 2.46. The average molecular weight is 292 g/mol. The summed E-state index contributed by atoms with van der Waals surface area (Å²) < 4.78 is 5.73. The SMILES string of the molecule is O=[N+]([O-])c1ccc(CO)cc1NC1CCCC2OCCC12. The second-order valence-electron chi connectivity index (χ2n) is 5.81. The molecule has 0 bridgehead atoms. The molecule has 21 heavy (non-hydrogen) atoms. The number of nitrogens with one attached hydrogen (secondary N) is 1. The van der Waals surface area contributed by atoms with Gasteiger partial charge in [0.05, 0.1) is 17.6 Å². The quantitative estimate of drug-likeness (QED) is 0.657. The molecule has 1 aliphatic carbocycles. The largest absolute Gasteiger partial charge is 0.392 e. The molecule has 6 heteroatoms. The molecule has 1 saturated carbocycles. The molecular weight excluding hydrogens is 272 g/mol. The van der Waals surface area contributed by atoms with Gasteiger partial charge >= 0.3 is 0 Å². The van der Waals surface area contributed by atoms with Crippen LogP contribution in [0.15, 0.2) is 18.2 Å². The van der Waals surface area contributed by atoms with E-state index in [-0.39, 0.29) is 29.4 Å². The van der Waals surface area contributed by atoms with E-state index in [0.717, 1.165) is 32.3 Å². The highest BCUT2D eigenvalue weighted by Gasteiger charge is 2.38. The Morgan fingerprint density at radius 3 is 3.00 bits per heavy atom. The first-order chi connectivity index (χ1) is 10.2. The van der Waals surface area contributed by atoms with Crippen LogP contribution >= 0.6 is 0 Å². The molecule has 2 N–H and O–H groups in total. The molecule has 6 nitrogen and oxygen atoms in total. The number of nitro groups is 1. The fourth-order valence-electron chi connectivity index (χ4n) is 3.51. The maximum absolute atomic E-state index is 11.2. The minimum atomic E-state index is -0.380. The Kier molecular flexibility index (Phi) is 4.07. The number of nitrogens with zero attached hydrogens (tertiary/aromatic N) is 1. The fraction of sp³-hybridized carbons (Fsp3) is 0.600. The van der Waals surface area contributed by atoms with Crippen molar-refractivity contribution in [2.24, 2.45) is 5.92 Å². The first-order valence-corrected chi connectivity index (χ1v) is 7.45.